The number of nitrogens with zero attached hydrogens (tertiary/aromatic N) is 2. The smallest absolute Gasteiger partial charge is 0.223 e. The van der Waals surface area contributed by atoms with E-state index in [9.17, 15) is 4.79 Å². The van der Waals surface area contributed by atoms with Crippen LogP contribution in [0.25, 0.3) is 0 Å². The van der Waals surface area contributed by atoms with Crippen LogP contribution in [0.4, 0.5) is 0 Å². The monoisotopic (exact) mass is 387 g/mol. The second kappa shape index (κ2) is 10.3. The first-order valence-corrected chi connectivity index (χ1v) is 11.0. The summed E-state index contributed by atoms with van der Waals surface area (Å²) in [4.78, 5) is 17.8. The number of carbonyl (C=O) groups excluding carboxylic acids is 1. The van der Waals surface area contributed by atoms with Crippen LogP contribution in [0.1, 0.15) is 51.1 Å². The van der Waals surface area contributed by atoms with E-state index < -0.39 is 0 Å². The van der Waals surface area contributed by atoms with Gasteiger partial charge in [-0.3, -0.25) is 9.69 Å². The molecule has 1 aromatic rings. The van der Waals surface area contributed by atoms with E-state index in [2.05, 4.69) is 41.1 Å². The van der Waals surface area contributed by atoms with Crippen molar-refractivity contribution < 1.29 is 9.53 Å². The van der Waals surface area contributed by atoms with Gasteiger partial charge in [0.1, 0.15) is 5.75 Å². The molecule has 1 aliphatic heterocycles. The third-order valence-corrected chi connectivity index (χ3v) is 6.78. The maximum absolute atomic E-state index is 12.8. The van der Waals surface area contributed by atoms with Gasteiger partial charge >= 0.3 is 0 Å². The first-order valence-electron chi connectivity index (χ1n) is 11.0. The normalized spacial score (nSPS) is 21.4. The zero-order valence-electron chi connectivity index (χ0n) is 17.8. The Bertz CT molecular complexity index is 622. The molecule has 5 nitrogen and oxygen atoms in total. The number of amides is 1. The zero-order valence-corrected chi connectivity index (χ0v) is 17.8. The van der Waals surface area contributed by atoms with E-state index in [-0.39, 0.29) is 17.9 Å². The second-order valence-corrected chi connectivity index (χ2v) is 8.31. The minimum atomic E-state index is 0.109. The summed E-state index contributed by atoms with van der Waals surface area (Å²) in [7, 11) is 1.73. The lowest BCUT2D eigenvalue weighted by molar-refractivity contribution is -0.126. The highest BCUT2D eigenvalue weighted by atomic mass is 16.5. The first-order chi connectivity index (χ1) is 13.6. The van der Waals surface area contributed by atoms with Crippen molar-refractivity contribution in [2.45, 2.75) is 45.6 Å². The number of rotatable bonds is 8. The number of benzene rings is 1. The van der Waals surface area contributed by atoms with Crippen LogP contribution in [0.15, 0.2) is 24.3 Å². The Morgan fingerprint density at radius 1 is 1.18 bits per heavy atom. The van der Waals surface area contributed by atoms with Crippen LogP contribution in [-0.2, 0) is 4.79 Å². The summed E-state index contributed by atoms with van der Waals surface area (Å²) in [5.74, 6) is 1.78. The minimum Gasteiger partial charge on any atom is -0.496 e. The van der Waals surface area contributed by atoms with Crippen LogP contribution in [0.2, 0.25) is 0 Å². The molecule has 1 aliphatic carbocycles. The highest BCUT2D eigenvalue weighted by molar-refractivity contribution is 5.78. The lowest BCUT2D eigenvalue weighted by Gasteiger charge is -2.39. The van der Waals surface area contributed by atoms with E-state index in [4.69, 9.17) is 4.74 Å². The van der Waals surface area contributed by atoms with E-state index >= 15 is 0 Å². The van der Waals surface area contributed by atoms with Gasteiger partial charge in [-0.05, 0) is 31.4 Å². The fourth-order valence-corrected chi connectivity index (χ4v) is 4.80. The van der Waals surface area contributed by atoms with Gasteiger partial charge in [-0.25, -0.2) is 0 Å². The minimum absolute atomic E-state index is 0.109. The molecule has 1 saturated carbocycles. The van der Waals surface area contributed by atoms with Crippen molar-refractivity contribution in [3.05, 3.63) is 29.8 Å². The number of hydrogen-bond acceptors (Lipinski definition) is 4. The largest absolute Gasteiger partial charge is 0.496 e. The summed E-state index contributed by atoms with van der Waals surface area (Å²) in [6, 6.07) is 8.39. The van der Waals surface area contributed by atoms with Crippen molar-refractivity contribution in [2.75, 3.05) is 46.4 Å². The van der Waals surface area contributed by atoms with Crippen LogP contribution < -0.4 is 10.1 Å². The van der Waals surface area contributed by atoms with Crippen LogP contribution >= 0.6 is 0 Å². The molecule has 3 rings (SSSR count). The molecule has 2 fully saturated rings. The highest BCUT2D eigenvalue weighted by Crippen LogP contribution is 2.32. The molecular formula is C23H37N3O2. The van der Waals surface area contributed by atoms with E-state index in [1.54, 1.807) is 7.11 Å². The number of methoxy groups -OCH3 is 1. The van der Waals surface area contributed by atoms with Crippen molar-refractivity contribution in [3.8, 4) is 5.75 Å². The molecule has 1 N–H and O–H groups in total. The van der Waals surface area contributed by atoms with Gasteiger partial charge < -0.3 is 15.0 Å². The van der Waals surface area contributed by atoms with E-state index in [1.165, 1.54) is 31.2 Å². The van der Waals surface area contributed by atoms with Gasteiger partial charge in [-0.2, -0.15) is 0 Å². The molecule has 0 aromatic heterocycles. The zero-order chi connectivity index (χ0) is 19.9. The Hall–Kier alpha value is -1.59. The van der Waals surface area contributed by atoms with Crippen molar-refractivity contribution in [2.24, 2.45) is 11.8 Å². The topological polar surface area (TPSA) is 44.8 Å². The molecule has 1 amide bonds. The quantitative estimate of drug-likeness (QED) is 0.743. The van der Waals surface area contributed by atoms with Gasteiger partial charge in [0, 0.05) is 44.2 Å². The molecule has 1 heterocycles. The number of para-hydroxylation sites is 1. The Morgan fingerprint density at radius 2 is 1.86 bits per heavy atom. The summed E-state index contributed by atoms with van der Waals surface area (Å²) in [6.07, 6.45) is 4.94. The molecule has 2 atom stereocenters. The standard InChI is InChI=1S/C23H37N3O2/c1-4-25-13-15-26(16-14-25)21(20-11-7-8-12-22(20)28-3)17-24-23(27)18(2)19-9-5-6-10-19/h7-8,11-12,18-19,21H,4-6,9-10,13-17H2,1-3H3,(H,24,27). The molecular weight excluding hydrogens is 350 g/mol. The number of hydrogen-bond donors (Lipinski definition) is 1. The Kier molecular flexibility index (Phi) is 7.74. The summed E-state index contributed by atoms with van der Waals surface area (Å²) >= 11 is 0. The van der Waals surface area contributed by atoms with Crippen LogP contribution in [0.5, 0.6) is 5.75 Å². The van der Waals surface area contributed by atoms with Gasteiger partial charge in [0.15, 0.2) is 0 Å². The molecule has 1 aromatic carbocycles. The molecule has 28 heavy (non-hydrogen) atoms. The summed E-state index contributed by atoms with van der Waals surface area (Å²) in [5, 5.41) is 3.28. The Morgan fingerprint density at radius 3 is 2.50 bits per heavy atom. The van der Waals surface area contributed by atoms with Gasteiger partial charge in [-0.15, -0.1) is 0 Å². The summed E-state index contributed by atoms with van der Waals surface area (Å²) in [5.41, 5.74) is 1.17. The average Bonchev–Trinajstić information content (AvgIpc) is 3.28. The van der Waals surface area contributed by atoms with Crippen LogP contribution in [-0.4, -0.2) is 62.1 Å². The predicted octanol–water partition coefficient (Wildman–Crippen LogP) is 3.32. The second-order valence-electron chi connectivity index (χ2n) is 8.31. The summed E-state index contributed by atoms with van der Waals surface area (Å²) < 4.78 is 5.65. The lowest BCUT2D eigenvalue weighted by Crippen LogP contribution is -2.50. The van der Waals surface area contributed by atoms with Gasteiger partial charge in [0.25, 0.3) is 0 Å². The molecule has 1 saturated heterocycles. The number of piperazine rings is 1. The fourth-order valence-electron chi connectivity index (χ4n) is 4.80. The Labute approximate surface area is 170 Å². The fraction of sp³-hybridized carbons (Fsp3) is 0.696. The lowest BCUT2D eigenvalue weighted by atomic mass is 9.91. The molecule has 5 heteroatoms. The van der Waals surface area contributed by atoms with Crippen molar-refractivity contribution >= 4 is 5.91 Å². The van der Waals surface area contributed by atoms with E-state index in [1.807, 2.05) is 12.1 Å². The maximum atomic E-state index is 12.8. The van der Waals surface area contributed by atoms with Crippen molar-refractivity contribution in [3.63, 3.8) is 0 Å². The molecule has 2 aliphatic rings. The first kappa shape index (κ1) is 21.1. The number of likely N-dealkylation sites (N-methyl/N-ethyl adjacent to an activating group) is 1. The third kappa shape index (κ3) is 5.06. The number of carbonyl (C=O) groups is 1. The number of nitrogens with one attached hydrogen (secondary N) is 1. The van der Waals surface area contributed by atoms with Crippen molar-refractivity contribution in [1.82, 2.24) is 15.1 Å². The third-order valence-electron chi connectivity index (χ3n) is 6.78. The van der Waals surface area contributed by atoms with E-state index in [0.29, 0.717) is 12.5 Å². The van der Waals surface area contributed by atoms with Crippen LogP contribution in [0, 0.1) is 11.8 Å². The molecule has 0 bridgehead atoms. The summed E-state index contributed by atoms with van der Waals surface area (Å²) in [6.45, 7) is 10.3. The van der Waals surface area contributed by atoms with Crippen molar-refractivity contribution in [1.29, 1.82) is 0 Å². The molecule has 156 valence electrons. The van der Waals surface area contributed by atoms with Crippen LogP contribution in [0.3, 0.4) is 0 Å². The van der Waals surface area contributed by atoms with Gasteiger partial charge in [0.2, 0.25) is 5.91 Å². The van der Waals surface area contributed by atoms with Gasteiger partial charge in [0.05, 0.1) is 13.2 Å². The SMILES string of the molecule is CCN1CCN(C(CNC(=O)C(C)C2CCCC2)c2ccccc2OC)CC1. The molecule has 0 spiro atoms. The van der Waals surface area contributed by atoms with Gasteiger partial charge in [-0.1, -0.05) is 44.9 Å². The Balaban J connectivity index is 1.70. The average molecular weight is 388 g/mol. The predicted molar refractivity (Wildman–Crippen MR) is 114 cm³/mol. The maximum Gasteiger partial charge on any atom is 0.223 e. The highest BCUT2D eigenvalue weighted by Gasteiger charge is 2.30. The van der Waals surface area contributed by atoms with E-state index in [0.717, 1.165) is 38.5 Å². The number of ether oxygens (including phenoxy) is 1. The molecule has 0 radical (unpaired) electrons. The molecule has 2 unspecified atom stereocenters.